The molecule has 0 fully saturated rings. The second-order valence-electron chi connectivity index (χ2n) is 7.36. The summed E-state index contributed by atoms with van der Waals surface area (Å²) in [7, 11) is 0. The van der Waals surface area contributed by atoms with E-state index in [1.807, 2.05) is 38.1 Å². The van der Waals surface area contributed by atoms with E-state index in [-0.39, 0.29) is 24.3 Å². The van der Waals surface area contributed by atoms with Gasteiger partial charge in [0.05, 0.1) is 13.2 Å². The molecule has 1 aromatic rings. The van der Waals surface area contributed by atoms with Crippen LogP contribution in [0.25, 0.3) is 6.08 Å². The molecule has 0 saturated heterocycles. The summed E-state index contributed by atoms with van der Waals surface area (Å²) in [4.78, 5) is 19.3. The minimum atomic E-state index is -0.506. The molecule has 5 nitrogen and oxygen atoms in total. The number of hydrogen-bond acceptors (Lipinski definition) is 5. The third-order valence-corrected chi connectivity index (χ3v) is 4.54. The van der Waals surface area contributed by atoms with E-state index in [0.717, 1.165) is 17.0 Å². The van der Waals surface area contributed by atoms with Crippen molar-refractivity contribution in [3.8, 4) is 11.8 Å². The van der Waals surface area contributed by atoms with Gasteiger partial charge in [-0.2, -0.15) is 0 Å². The number of hydrogen-bond donors (Lipinski definition) is 1. The van der Waals surface area contributed by atoms with Crippen molar-refractivity contribution in [1.82, 2.24) is 0 Å². The van der Waals surface area contributed by atoms with Gasteiger partial charge in [-0.1, -0.05) is 43.6 Å². The summed E-state index contributed by atoms with van der Waals surface area (Å²) in [5, 5.41) is 0. The molecule has 0 saturated carbocycles. The standard InChI is InChI=1S/C24H31N3O2/c1-6-19-10-12-20(13-11-19)27-14-8-9-18(5)15-22(26-17(3)4)21(16-27)23(25)24(28)29-7-2/h6,10-13,17-18H,1,7,14-16,25H2,2-5H3/b23-21-,26-22?. The smallest absolute Gasteiger partial charge is 0.354 e. The van der Waals surface area contributed by atoms with Crippen molar-refractivity contribution in [2.24, 2.45) is 16.6 Å². The zero-order valence-electron chi connectivity index (χ0n) is 17.9. The van der Waals surface area contributed by atoms with Gasteiger partial charge in [-0.3, -0.25) is 4.99 Å². The van der Waals surface area contributed by atoms with Crippen molar-refractivity contribution in [2.45, 2.75) is 40.2 Å². The lowest BCUT2D eigenvalue weighted by molar-refractivity contribution is -0.138. The fourth-order valence-corrected chi connectivity index (χ4v) is 3.14. The fourth-order valence-electron chi connectivity index (χ4n) is 3.14. The van der Waals surface area contributed by atoms with Gasteiger partial charge in [-0.15, -0.1) is 0 Å². The van der Waals surface area contributed by atoms with Crippen LogP contribution in [0.4, 0.5) is 5.69 Å². The Bertz CT molecular complexity index is 854. The van der Waals surface area contributed by atoms with Crippen molar-refractivity contribution in [2.75, 3.05) is 24.6 Å². The normalized spacial score (nSPS) is 20.2. The molecule has 0 radical (unpaired) electrons. The Morgan fingerprint density at radius 3 is 2.69 bits per heavy atom. The van der Waals surface area contributed by atoms with Gasteiger partial charge in [0.1, 0.15) is 5.70 Å². The van der Waals surface area contributed by atoms with Crippen molar-refractivity contribution in [3.63, 3.8) is 0 Å². The lowest BCUT2D eigenvalue weighted by Crippen LogP contribution is -2.32. The molecule has 1 aromatic carbocycles. The SMILES string of the molecule is C=Cc1ccc(N2CC#CC(C)CC(=NC(C)C)/C(=C(\N)C(=O)OCC)C2)cc1. The molecule has 1 aliphatic heterocycles. The molecule has 1 heterocycles. The molecule has 0 bridgehead atoms. The second kappa shape index (κ2) is 10.5. The molecule has 1 atom stereocenters. The lowest BCUT2D eigenvalue weighted by atomic mass is 9.97. The number of benzene rings is 1. The third kappa shape index (κ3) is 6.25. The van der Waals surface area contributed by atoms with Gasteiger partial charge >= 0.3 is 5.97 Å². The number of nitrogens with zero attached hydrogens (tertiary/aromatic N) is 2. The predicted molar refractivity (Wildman–Crippen MR) is 121 cm³/mol. The number of anilines is 1. The summed E-state index contributed by atoms with van der Waals surface area (Å²) >= 11 is 0. The Morgan fingerprint density at radius 2 is 2.10 bits per heavy atom. The van der Waals surface area contributed by atoms with Gasteiger partial charge in [0, 0.05) is 41.9 Å². The topological polar surface area (TPSA) is 67.9 Å². The van der Waals surface area contributed by atoms with Crippen molar-refractivity contribution in [3.05, 3.63) is 47.7 Å². The van der Waals surface area contributed by atoms with E-state index in [1.54, 1.807) is 13.0 Å². The van der Waals surface area contributed by atoms with Crippen LogP contribution in [0.1, 0.15) is 39.7 Å². The van der Waals surface area contributed by atoms with E-state index in [1.165, 1.54) is 0 Å². The van der Waals surface area contributed by atoms with Crippen LogP contribution in [0.3, 0.4) is 0 Å². The predicted octanol–water partition coefficient (Wildman–Crippen LogP) is 3.80. The van der Waals surface area contributed by atoms with E-state index in [2.05, 4.69) is 30.2 Å². The number of esters is 1. The maximum atomic E-state index is 12.4. The first-order valence-corrected chi connectivity index (χ1v) is 10.0. The first-order chi connectivity index (χ1) is 13.8. The molecule has 29 heavy (non-hydrogen) atoms. The fraction of sp³-hybridized carbons (Fsp3) is 0.417. The molecule has 0 aromatic heterocycles. The van der Waals surface area contributed by atoms with Gasteiger partial charge < -0.3 is 15.4 Å². The summed E-state index contributed by atoms with van der Waals surface area (Å²) in [5.74, 6) is 6.16. The molecule has 1 unspecified atom stereocenters. The molecular formula is C24H31N3O2. The van der Waals surface area contributed by atoms with Crippen LogP contribution < -0.4 is 10.6 Å². The quantitative estimate of drug-likeness (QED) is 0.469. The summed E-state index contributed by atoms with van der Waals surface area (Å²) < 4.78 is 5.17. The minimum absolute atomic E-state index is 0.0798. The van der Waals surface area contributed by atoms with Crippen LogP contribution in [0, 0.1) is 17.8 Å². The van der Waals surface area contributed by atoms with Crippen molar-refractivity contribution < 1.29 is 9.53 Å². The molecule has 0 spiro atoms. The summed E-state index contributed by atoms with van der Waals surface area (Å²) in [6.07, 6.45) is 2.45. The first kappa shape index (κ1) is 22.3. The number of carbonyl (C=O) groups is 1. The zero-order valence-corrected chi connectivity index (χ0v) is 17.9. The maximum Gasteiger partial charge on any atom is 0.354 e. The molecule has 5 heteroatoms. The summed E-state index contributed by atoms with van der Waals surface area (Å²) in [6, 6.07) is 8.14. The Morgan fingerprint density at radius 1 is 1.41 bits per heavy atom. The molecule has 2 N–H and O–H groups in total. The number of nitrogens with two attached hydrogens (primary N) is 1. The lowest BCUT2D eigenvalue weighted by Gasteiger charge is -2.25. The number of rotatable bonds is 5. The Balaban J connectivity index is 2.56. The van der Waals surface area contributed by atoms with Crippen LogP contribution in [0.2, 0.25) is 0 Å². The van der Waals surface area contributed by atoms with Crippen LogP contribution >= 0.6 is 0 Å². The average Bonchev–Trinajstić information content (AvgIpc) is 2.76. The molecule has 0 aliphatic carbocycles. The first-order valence-electron chi connectivity index (χ1n) is 10.0. The van der Waals surface area contributed by atoms with E-state index < -0.39 is 5.97 Å². The van der Waals surface area contributed by atoms with E-state index in [9.17, 15) is 4.79 Å². The highest BCUT2D eigenvalue weighted by Gasteiger charge is 2.23. The summed E-state index contributed by atoms with van der Waals surface area (Å²) in [6.45, 7) is 12.9. The van der Waals surface area contributed by atoms with Crippen LogP contribution in [-0.2, 0) is 9.53 Å². The Hall–Kier alpha value is -3.00. The molecule has 0 amide bonds. The van der Waals surface area contributed by atoms with E-state index in [4.69, 9.17) is 15.5 Å². The number of carbonyl (C=O) groups excluding carboxylic acids is 1. The van der Waals surface area contributed by atoms with Crippen molar-refractivity contribution >= 4 is 23.4 Å². The molecular weight excluding hydrogens is 362 g/mol. The van der Waals surface area contributed by atoms with Gasteiger partial charge in [-0.05, 0) is 38.5 Å². The highest BCUT2D eigenvalue weighted by molar-refractivity contribution is 6.07. The van der Waals surface area contributed by atoms with Crippen LogP contribution in [0.5, 0.6) is 0 Å². The molecule has 154 valence electrons. The van der Waals surface area contributed by atoms with Gasteiger partial charge in [0.2, 0.25) is 0 Å². The average molecular weight is 394 g/mol. The molecule has 2 rings (SSSR count). The Labute approximate surface area is 174 Å². The third-order valence-electron chi connectivity index (χ3n) is 4.54. The zero-order chi connectivity index (χ0) is 21.4. The monoisotopic (exact) mass is 393 g/mol. The van der Waals surface area contributed by atoms with Crippen LogP contribution in [-0.4, -0.2) is 37.4 Å². The number of aliphatic imine (C=N–C) groups is 1. The number of ether oxygens (including phenoxy) is 1. The van der Waals surface area contributed by atoms with Crippen LogP contribution in [0.15, 0.2) is 47.1 Å². The Kier molecular flexibility index (Phi) is 8.09. The summed E-state index contributed by atoms with van der Waals surface area (Å²) in [5.41, 5.74) is 9.98. The minimum Gasteiger partial charge on any atom is -0.461 e. The van der Waals surface area contributed by atoms with Gasteiger partial charge in [-0.25, -0.2) is 4.79 Å². The van der Waals surface area contributed by atoms with E-state index >= 15 is 0 Å². The highest BCUT2D eigenvalue weighted by Crippen LogP contribution is 2.22. The maximum absolute atomic E-state index is 12.4. The molecule has 1 aliphatic rings. The van der Waals surface area contributed by atoms with Gasteiger partial charge in [0.25, 0.3) is 0 Å². The highest BCUT2D eigenvalue weighted by atomic mass is 16.5. The second-order valence-corrected chi connectivity index (χ2v) is 7.36. The van der Waals surface area contributed by atoms with Gasteiger partial charge in [0.15, 0.2) is 0 Å². The largest absolute Gasteiger partial charge is 0.461 e. The van der Waals surface area contributed by atoms with E-state index in [0.29, 0.717) is 25.1 Å². The van der Waals surface area contributed by atoms with Crippen molar-refractivity contribution in [1.29, 1.82) is 0 Å².